The summed E-state index contributed by atoms with van der Waals surface area (Å²) < 4.78 is 0.965. The van der Waals surface area contributed by atoms with E-state index in [-0.39, 0.29) is 11.9 Å². The zero-order valence-corrected chi connectivity index (χ0v) is 14.0. The monoisotopic (exact) mass is 345 g/mol. The average Bonchev–Trinajstić information content (AvgIpc) is 2.49. The lowest BCUT2D eigenvalue weighted by Gasteiger charge is -2.14. The normalized spacial score (nSPS) is 12.0. The Hall–Kier alpha value is -1.61. The summed E-state index contributed by atoms with van der Waals surface area (Å²) in [6, 6.07) is 16.2. The van der Waals surface area contributed by atoms with Crippen LogP contribution in [-0.2, 0) is 6.42 Å². The highest BCUT2D eigenvalue weighted by molar-refractivity contribution is 9.10. The van der Waals surface area contributed by atoms with Crippen LogP contribution in [0.25, 0.3) is 0 Å². The van der Waals surface area contributed by atoms with Gasteiger partial charge < -0.3 is 5.32 Å². The molecule has 1 amide bonds. The highest BCUT2D eigenvalue weighted by Gasteiger charge is 2.10. The molecule has 0 saturated carbocycles. The molecule has 3 heteroatoms. The number of hydrogen-bond donors (Lipinski definition) is 1. The second kappa shape index (κ2) is 7.41. The topological polar surface area (TPSA) is 29.1 Å². The molecule has 0 aliphatic carbocycles. The van der Waals surface area contributed by atoms with Crippen LogP contribution >= 0.6 is 15.9 Å². The lowest BCUT2D eigenvalue weighted by molar-refractivity contribution is 0.0938. The number of rotatable bonds is 5. The van der Waals surface area contributed by atoms with E-state index < -0.39 is 0 Å². The van der Waals surface area contributed by atoms with Gasteiger partial charge in [-0.1, -0.05) is 52.3 Å². The van der Waals surface area contributed by atoms with E-state index in [1.807, 2.05) is 50.2 Å². The summed E-state index contributed by atoms with van der Waals surface area (Å²) >= 11 is 3.46. The molecule has 2 aromatic rings. The predicted octanol–water partition coefficient (Wildman–Crippen LogP) is 4.51. The number of amides is 1. The van der Waals surface area contributed by atoms with Crippen LogP contribution in [0.4, 0.5) is 0 Å². The highest BCUT2D eigenvalue weighted by Crippen LogP contribution is 2.17. The summed E-state index contributed by atoms with van der Waals surface area (Å²) in [5.74, 6) is -0.0174. The molecule has 0 fully saturated rings. The van der Waals surface area contributed by atoms with E-state index in [9.17, 15) is 4.79 Å². The van der Waals surface area contributed by atoms with Crippen molar-refractivity contribution in [3.8, 4) is 0 Å². The third kappa shape index (κ3) is 4.71. The maximum Gasteiger partial charge on any atom is 0.251 e. The summed E-state index contributed by atoms with van der Waals surface area (Å²) in [5, 5.41) is 3.05. The van der Waals surface area contributed by atoms with Crippen LogP contribution in [0.15, 0.2) is 53.0 Å². The third-order valence-corrected chi connectivity index (χ3v) is 4.37. The van der Waals surface area contributed by atoms with Gasteiger partial charge in [-0.25, -0.2) is 0 Å². The molecule has 2 aromatic carbocycles. The van der Waals surface area contributed by atoms with Crippen molar-refractivity contribution in [1.82, 2.24) is 5.32 Å². The number of carbonyl (C=O) groups is 1. The Morgan fingerprint density at radius 1 is 1.19 bits per heavy atom. The predicted molar refractivity (Wildman–Crippen MR) is 90.6 cm³/mol. The van der Waals surface area contributed by atoms with Crippen LogP contribution in [0.5, 0.6) is 0 Å². The molecule has 2 rings (SSSR count). The molecule has 1 N–H and O–H groups in total. The van der Waals surface area contributed by atoms with Crippen LogP contribution in [0.2, 0.25) is 0 Å². The van der Waals surface area contributed by atoms with Gasteiger partial charge in [0.15, 0.2) is 0 Å². The first-order chi connectivity index (χ1) is 10.1. The van der Waals surface area contributed by atoms with Crippen molar-refractivity contribution in [1.29, 1.82) is 0 Å². The molecule has 1 unspecified atom stereocenters. The fourth-order valence-electron chi connectivity index (χ4n) is 2.14. The maximum absolute atomic E-state index is 12.2. The molecule has 21 heavy (non-hydrogen) atoms. The Morgan fingerprint density at radius 2 is 1.90 bits per heavy atom. The molecule has 110 valence electrons. The average molecular weight is 346 g/mol. The first-order valence-electron chi connectivity index (χ1n) is 7.17. The van der Waals surface area contributed by atoms with E-state index in [1.54, 1.807) is 0 Å². The molecular formula is C18H20BrNO. The SMILES string of the molecule is Cc1ccc(C(=O)NC(C)CCc2ccccc2)cc1Br. The molecule has 0 radical (unpaired) electrons. The first kappa shape index (κ1) is 15.8. The lowest BCUT2D eigenvalue weighted by atomic mass is 10.1. The number of halogens is 1. The Kier molecular flexibility index (Phi) is 5.57. The molecule has 2 nitrogen and oxygen atoms in total. The zero-order valence-electron chi connectivity index (χ0n) is 12.4. The van der Waals surface area contributed by atoms with Crippen LogP contribution < -0.4 is 5.32 Å². The van der Waals surface area contributed by atoms with E-state index in [1.165, 1.54) is 5.56 Å². The van der Waals surface area contributed by atoms with Crippen LogP contribution in [0.1, 0.15) is 34.8 Å². The van der Waals surface area contributed by atoms with Crippen molar-refractivity contribution in [2.24, 2.45) is 0 Å². The molecule has 0 spiro atoms. The maximum atomic E-state index is 12.2. The molecular weight excluding hydrogens is 326 g/mol. The van der Waals surface area contributed by atoms with Gasteiger partial charge in [-0.2, -0.15) is 0 Å². The van der Waals surface area contributed by atoms with E-state index >= 15 is 0 Å². The molecule has 0 heterocycles. The summed E-state index contributed by atoms with van der Waals surface area (Å²) in [4.78, 5) is 12.2. The Bertz CT molecular complexity index is 610. The van der Waals surface area contributed by atoms with Crippen molar-refractivity contribution in [3.63, 3.8) is 0 Å². The van der Waals surface area contributed by atoms with Gasteiger partial charge in [0.1, 0.15) is 0 Å². The minimum atomic E-state index is -0.0174. The minimum absolute atomic E-state index is 0.0174. The lowest BCUT2D eigenvalue weighted by Crippen LogP contribution is -2.32. The van der Waals surface area contributed by atoms with Crippen molar-refractivity contribution in [3.05, 3.63) is 69.7 Å². The fraction of sp³-hybridized carbons (Fsp3) is 0.278. The van der Waals surface area contributed by atoms with Gasteiger partial charge in [-0.05, 0) is 49.9 Å². The molecule has 0 bridgehead atoms. The standard InChI is InChI=1S/C18H20BrNO/c1-13-8-11-16(12-17(13)19)18(21)20-14(2)9-10-15-6-4-3-5-7-15/h3-8,11-12,14H,9-10H2,1-2H3,(H,20,21). The van der Waals surface area contributed by atoms with Crippen LogP contribution in [-0.4, -0.2) is 11.9 Å². The summed E-state index contributed by atoms with van der Waals surface area (Å²) in [6.07, 6.45) is 1.91. The number of aryl methyl sites for hydroxylation is 2. The van der Waals surface area contributed by atoms with Crippen molar-refractivity contribution in [2.45, 2.75) is 32.7 Å². The van der Waals surface area contributed by atoms with E-state index in [0.717, 1.165) is 22.9 Å². The van der Waals surface area contributed by atoms with Crippen LogP contribution in [0, 0.1) is 6.92 Å². The van der Waals surface area contributed by atoms with Gasteiger partial charge in [0.05, 0.1) is 0 Å². The smallest absolute Gasteiger partial charge is 0.251 e. The second-order valence-corrected chi connectivity index (χ2v) is 6.22. The van der Waals surface area contributed by atoms with Gasteiger partial charge in [0.25, 0.3) is 5.91 Å². The minimum Gasteiger partial charge on any atom is -0.350 e. The molecule has 0 aliphatic heterocycles. The Morgan fingerprint density at radius 3 is 2.57 bits per heavy atom. The van der Waals surface area contributed by atoms with E-state index in [4.69, 9.17) is 0 Å². The van der Waals surface area contributed by atoms with Gasteiger partial charge in [-0.3, -0.25) is 4.79 Å². The molecule has 1 atom stereocenters. The quantitative estimate of drug-likeness (QED) is 0.848. The van der Waals surface area contributed by atoms with Crippen LogP contribution in [0.3, 0.4) is 0 Å². The van der Waals surface area contributed by atoms with Gasteiger partial charge in [0, 0.05) is 16.1 Å². The highest BCUT2D eigenvalue weighted by atomic mass is 79.9. The van der Waals surface area contributed by atoms with E-state index in [2.05, 4.69) is 33.4 Å². The number of nitrogens with one attached hydrogen (secondary N) is 1. The molecule has 0 aliphatic rings. The van der Waals surface area contributed by atoms with E-state index in [0.29, 0.717) is 5.56 Å². The second-order valence-electron chi connectivity index (χ2n) is 5.36. The zero-order chi connectivity index (χ0) is 15.2. The van der Waals surface area contributed by atoms with Crippen molar-refractivity contribution < 1.29 is 4.79 Å². The van der Waals surface area contributed by atoms with Gasteiger partial charge >= 0.3 is 0 Å². The largest absolute Gasteiger partial charge is 0.350 e. The van der Waals surface area contributed by atoms with Crippen molar-refractivity contribution >= 4 is 21.8 Å². The van der Waals surface area contributed by atoms with Gasteiger partial charge in [0.2, 0.25) is 0 Å². The molecule has 0 aromatic heterocycles. The summed E-state index contributed by atoms with van der Waals surface area (Å²) in [6.45, 7) is 4.05. The Labute approximate surface area is 134 Å². The van der Waals surface area contributed by atoms with Crippen molar-refractivity contribution in [2.75, 3.05) is 0 Å². The third-order valence-electron chi connectivity index (χ3n) is 3.52. The Balaban J connectivity index is 1.88. The number of benzene rings is 2. The summed E-state index contributed by atoms with van der Waals surface area (Å²) in [5.41, 5.74) is 3.12. The molecule has 0 saturated heterocycles. The first-order valence-corrected chi connectivity index (χ1v) is 7.96. The number of carbonyl (C=O) groups excluding carboxylic acids is 1. The number of hydrogen-bond acceptors (Lipinski definition) is 1. The summed E-state index contributed by atoms with van der Waals surface area (Å²) in [7, 11) is 0. The van der Waals surface area contributed by atoms with Gasteiger partial charge in [-0.15, -0.1) is 0 Å². The fourth-order valence-corrected chi connectivity index (χ4v) is 2.52.